The van der Waals surface area contributed by atoms with Crippen molar-refractivity contribution < 1.29 is 9.59 Å². The van der Waals surface area contributed by atoms with Crippen molar-refractivity contribution in [3.63, 3.8) is 0 Å². The molecule has 3 aromatic rings. The lowest BCUT2D eigenvalue weighted by molar-refractivity contribution is -0.124. The minimum atomic E-state index is -0.674. The Morgan fingerprint density at radius 1 is 1.03 bits per heavy atom. The monoisotopic (exact) mass is 424 g/mol. The van der Waals surface area contributed by atoms with Crippen LogP contribution in [0, 0.1) is 5.92 Å². The first kappa shape index (κ1) is 21.6. The van der Waals surface area contributed by atoms with Crippen LogP contribution >= 0.6 is 11.6 Å². The number of aromatic nitrogens is 2. The highest BCUT2D eigenvalue weighted by Gasteiger charge is 2.25. The van der Waals surface area contributed by atoms with Crippen LogP contribution in [0.15, 0.2) is 67.0 Å². The molecule has 7 heteroatoms. The normalized spacial score (nSPS) is 11.9. The van der Waals surface area contributed by atoms with Crippen LogP contribution in [0.5, 0.6) is 0 Å². The maximum absolute atomic E-state index is 12.9. The average molecular weight is 425 g/mol. The second-order valence-corrected chi connectivity index (χ2v) is 7.77. The van der Waals surface area contributed by atoms with Gasteiger partial charge < -0.3 is 10.6 Å². The number of nitrogens with zero attached hydrogens (tertiary/aromatic N) is 2. The molecule has 0 fully saturated rings. The fourth-order valence-electron chi connectivity index (χ4n) is 3.14. The van der Waals surface area contributed by atoms with Crippen molar-refractivity contribution in [1.29, 1.82) is 0 Å². The molecule has 2 amide bonds. The number of amides is 2. The maximum atomic E-state index is 12.9. The molecule has 156 valence electrons. The molecule has 1 aromatic heterocycles. The molecule has 1 atom stereocenters. The number of hydrogen-bond acceptors (Lipinski definition) is 3. The molecule has 1 heterocycles. The first-order chi connectivity index (χ1) is 14.5. The zero-order valence-electron chi connectivity index (χ0n) is 17.0. The van der Waals surface area contributed by atoms with Crippen LogP contribution < -0.4 is 10.6 Å². The number of hydrogen-bond donors (Lipinski definition) is 2. The van der Waals surface area contributed by atoms with Crippen molar-refractivity contribution in [3.8, 4) is 0 Å². The van der Waals surface area contributed by atoms with Gasteiger partial charge in [0.15, 0.2) is 0 Å². The van der Waals surface area contributed by atoms with Crippen molar-refractivity contribution >= 4 is 23.4 Å². The lowest BCUT2D eigenvalue weighted by Gasteiger charge is -2.22. The topological polar surface area (TPSA) is 76.0 Å². The summed E-state index contributed by atoms with van der Waals surface area (Å²) in [7, 11) is 0. The molecule has 0 spiro atoms. The van der Waals surface area contributed by atoms with Crippen molar-refractivity contribution in [1.82, 2.24) is 20.4 Å². The van der Waals surface area contributed by atoms with Crippen LogP contribution in [0.4, 0.5) is 0 Å². The summed E-state index contributed by atoms with van der Waals surface area (Å²) in [4.78, 5) is 25.5. The summed E-state index contributed by atoms with van der Waals surface area (Å²) in [5, 5.41) is 10.4. The van der Waals surface area contributed by atoms with Gasteiger partial charge in [-0.1, -0.05) is 61.8 Å². The molecule has 0 aliphatic rings. The Balaban J connectivity index is 1.66. The summed E-state index contributed by atoms with van der Waals surface area (Å²) in [5.41, 5.74) is 2.42. The van der Waals surface area contributed by atoms with Gasteiger partial charge in [-0.2, -0.15) is 5.10 Å². The highest BCUT2D eigenvalue weighted by atomic mass is 35.5. The number of nitrogens with one attached hydrogen (secondary N) is 2. The van der Waals surface area contributed by atoms with E-state index in [1.165, 1.54) is 0 Å². The number of carbonyl (C=O) groups is 2. The Hall–Kier alpha value is -3.12. The summed E-state index contributed by atoms with van der Waals surface area (Å²) < 4.78 is 1.83. The van der Waals surface area contributed by atoms with E-state index in [0.717, 1.165) is 11.1 Å². The van der Waals surface area contributed by atoms with Crippen LogP contribution in [-0.2, 0) is 17.9 Å². The summed E-state index contributed by atoms with van der Waals surface area (Å²) in [6, 6.07) is 15.9. The molecule has 6 nitrogen and oxygen atoms in total. The molecule has 0 unspecified atom stereocenters. The Morgan fingerprint density at radius 2 is 1.73 bits per heavy atom. The van der Waals surface area contributed by atoms with Gasteiger partial charge >= 0.3 is 0 Å². The number of carbonyl (C=O) groups excluding carboxylic acids is 2. The van der Waals surface area contributed by atoms with Crippen LogP contribution in [0.25, 0.3) is 0 Å². The number of halogens is 1. The molecular weight excluding hydrogens is 400 g/mol. The zero-order chi connectivity index (χ0) is 21.5. The third kappa shape index (κ3) is 5.48. The number of rotatable bonds is 8. The van der Waals surface area contributed by atoms with Gasteiger partial charge in [-0.05, 0) is 35.2 Å². The van der Waals surface area contributed by atoms with Crippen molar-refractivity contribution in [2.75, 3.05) is 0 Å². The van der Waals surface area contributed by atoms with E-state index < -0.39 is 6.04 Å². The summed E-state index contributed by atoms with van der Waals surface area (Å²) in [6.45, 7) is 4.77. The van der Waals surface area contributed by atoms with E-state index in [0.29, 0.717) is 23.7 Å². The largest absolute Gasteiger partial charge is 0.350 e. The van der Waals surface area contributed by atoms with Crippen LogP contribution in [0.2, 0.25) is 5.02 Å². The second-order valence-electron chi connectivity index (χ2n) is 7.37. The van der Waals surface area contributed by atoms with Crippen LogP contribution in [-0.4, -0.2) is 27.6 Å². The minimum Gasteiger partial charge on any atom is -0.350 e. The van der Waals surface area contributed by atoms with Crippen LogP contribution in [0.1, 0.15) is 35.3 Å². The van der Waals surface area contributed by atoms with Crippen molar-refractivity contribution in [2.24, 2.45) is 5.92 Å². The standard InChI is InChI=1S/C23H25ClN4O2/c1-16(2)21(27-22(29)19-10-5-6-11-20(19)24)23(30)25-14-17-8-3-4-9-18(17)15-28-13-7-12-26-28/h3-13,16,21H,14-15H2,1-2H3,(H,25,30)(H,27,29)/t21-/m0/s1. The molecule has 2 aromatic carbocycles. The highest BCUT2D eigenvalue weighted by molar-refractivity contribution is 6.33. The molecule has 30 heavy (non-hydrogen) atoms. The van der Waals surface area contributed by atoms with E-state index in [1.54, 1.807) is 30.5 Å². The predicted molar refractivity (Wildman–Crippen MR) is 117 cm³/mol. The average Bonchev–Trinajstić information content (AvgIpc) is 3.24. The molecule has 0 aliphatic heterocycles. The lowest BCUT2D eigenvalue weighted by atomic mass is 10.0. The highest BCUT2D eigenvalue weighted by Crippen LogP contribution is 2.16. The Kier molecular flexibility index (Phi) is 7.25. The second kappa shape index (κ2) is 10.1. The third-order valence-electron chi connectivity index (χ3n) is 4.82. The van der Waals surface area contributed by atoms with Gasteiger partial charge in [-0.3, -0.25) is 14.3 Å². The lowest BCUT2D eigenvalue weighted by Crippen LogP contribution is -2.49. The molecule has 3 rings (SSSR count). The van der Waals surface area contributed by atoms with E-state index >= 15 is 0 Å². The van der Waals surface area contributed by atoms with Gasteiger partial charge in [0.25, 0.3) is 5.91 Å². The molecule has 0 bridgehead atoms. The first-order valence-electron chi connectivity index (χ1n) is 9.83. The Morgan fingerprint density at radius 3 is 2.40 bits per heavy atom. The maximum Gasteiger partial charge on any atom is 0.253 e. The van der Waals surface area contributed by atoms with E-state index in [4.69, 9.17) is 11.6 Å². The van der Waals surface area contributed by atoms with Gasteiger partial charge in [0.2, 0.25) is 5.91 Å². The molecule has 0 saturated heterocycles. The van der Waals surface area contributed by atoms with Crippen molar-refractivity contribution in [3.05, 3.63) is 88.7 Å². The fraction of sp³-hybridized carbons (Fsp3) is 0.261. The first-order valence-corrected chi connectivity index (χ1v) is 10.2. The summed E-state index contributed by atoms with van der Waals surface area (Å²) in [5.74, 6) is -0.691. The number of benzene rings is 2. The van der Waals surface area contributed by atoms with Gasteiger partial charge in [0, 0.05) is 18.9 Å². The van der Waals surface area contributed by atoms with Gasteiger partial charge in [0.1, 0.15) is 6.04 Å². The van der Waals surface area contributed by atoms with E-state index in [9.17, 15) is 9.59 Å². The fourth-order valence-corrected chi connectivity index (χ4v) is 3.37. The zero-order valence-corrected chi connectivity index (χ0v) is 17.8. The van der Waals surface area contributed by atoms with E-state index in [1.807, 2.05) is 55.1 Å². The van der Waals surface area contributed by atoms with Crippen molar-refractivity contribution in [2.45, 2.75) is 33.0 Å². The predicted octanol–water partition coefficient (Wildman–Crippen LogP) is 3.66. The van der Waals surface area contributed by atoms with Crippen LogP contribution in [0.3, 0.4) is 0 Å². The quantitative estimate of drug-likeness (QED) is 0.579. The SMILES string of the molecule is CC(C)[C@H](NC(=O)c1ccccc1Cl)C(=O)NCc1ccccc1Cn1cccn1. The van der Waals surface area contributed by atoms with Gasteiger partial charge in [0.05, 0.1) is 17.1 Å². The minimum absolute atomic E-state index is 0.0873. The molecule has 0 saturated carbocycles. The molecule has 2 N–H and O–H groups in total. The molecular formula is C23H25ClN4O2. The van der Waals surface area contributed by atoms with Gasteiger partial charge in [-0.25, -0.2) is 0 Å². The van der Waals surface area contributed by atoms with E-state index in [2.05, 4.69) is 15.7 Å². The van der Waals surface area contributed by atoms with E-state index in [-0.39, 0.29) is 17.7 Å². The Bertz CT molecular complexity index is 1000. The summed E-state index contributed by atoms with van der Waals surface area (Å²) in [6.07, 6.45) is 3.63. The van der Waals surface area contributed by atoms with Gasteiger partial charge in [-0.15, -0.1) is 0 Å². The molecule has 0 aliphatic carbocycles. The third-order valence-corrected chi connectivity index (χ3v) is 5.15. The summed E-state index contributed by atoms with van der Waals surface area (Å²) >= 11 is 6.11. The Labute approximate surface area is 181 Å². The smallest absolute Gasteiger partial charge is 0.253 e. The molecule has 0 radical (unpaired) electrons.